The van der Waals surface area contributed by atoms with Gasteiger partial charge in [0.15, 0.2) is 0 Å². The Morgan fingerprint density at radius 3 is 2.10 bits per heavy atom. The molecule has 21 heavy (non-hydrogen) atoms. The predicted molar refractivity (Wildman–Crippen MR) is 93.3 cm³/mol. The molecule has 0 unspecified atom stereocenters. The number of hydrogen-bond acceptors (Lipinski definition) is 1. The summed E-state index contributed by atoms with van der Waals surface area (Å²) in [6, 6.07) is 0. The topological polar surface area (TPSA) is 20.2 Å². The van der Waals surface area contributed by atoms with E-state index in [0.29, 0.717) is 5.92 Å². The van der Waals surface area contributed by atoms with Crippen LogP contribution in [0.4, 0.5) is 0 Å². The Kier molecular flexibility index (Phi) is 7.74. The number of aliphatic hydroxyl groups excluding tert-OH is 1. The number of hydrogen-bond donors (Lipinski definition) is 1. The molecule has 0 heterocycles. The average Bonchev–Trinajstić information content (AvgIpc) is 2.37. The molecule has 0 saturated carbocycles. The minimum atomic E-state index is -0.357. The summed E-state index contributed by atoms with van der Waals surface area (Å²) in [6.45, 7) is 10.9. The standard InChI is InChI=1S/C20H32O/c1-15(2)19-13-12-17(4)10-6-8-16(3)9-7-11-18(5)14-20(19)21/h8,11-13,15,20-21H,6-7,9-10,14H2,1-5H3/b16-8+,17-12-,18-11-,19-13-/t20-/m0/s1. The second-order valence-electron chi connectivity index (χ2n) is 6.73. The van der Waals surface area contributed by atoms with Gasteiger partial charge in [0, 0.05) is 0 Å². The molecular formula is C20H32O. The molecule has 1 aliphatic carbocycles. The number of rotatable bonds is 1. The fourth-order valence-corrected chi connectivity index (χ4v) is 2.71. The second kappa shape index (κ2) is 9.04. The maximum absolute atomic E-state index is 10.5. The van der Waals surface area contributed by atoms with Crippen molar-refractivity contribution in [3.05, 3.63) is 46.6 Å². The minimum absolute atomic E-state index is 0.357. The lowest BCUT2D eigenvalue weighted by Crippen LogP contribution is -2.15. The van der Waals surface area contributed by atoms with E-state index < -0.39 is 0 Å². The Bertz CT molecular complexity index is 446. The molecule has 0 aromatic heterocycles. The van der Waals surface area contributed by atoms with Crippen LogP contribution >= 0.6 is 0 Å². The monoisotopic (exact) mass is 288 g/mol. The van der Waals surface area contributed by atoms with Gasteiger partial charge in [0.1, 0.15) is 0 Å². The molecule has 0 bridgehead atoms. The van der Waals surface area contributed by atoms with Gasteiger partial charge in [0.25, 0.3) is 0 Å². The molecule has 1 atom stereocenters. The first-order chi connectivity index (χ1) is 9.90. The lowest BCUT2D eigenvalue weighted by molar-refractivity contribution is 0.200. The quantitative estimate of drug-likeness (QED) is 0.611. The van der Waals surface area contributed by atoms with E-state index in [0.717, 1.165) is 37.7 Å². The van der Waals surface area contributed by atoms with Gasteiger partial charge in [-0.3, -0.25) is 0 Å². The molecule has 1 heteroatoms. The van der Waals surface area contributed by atoms with E-state index in [1.165, 1.54) is 16.7 Å². The highest BCUT2D eigenvalue weighted by molar-refractivity contribution is 5.23. The smallest absolute Gasteiger partial charge is 0.0792 e. The van der Waals surface area contributed by atoms with E-state index in [1.54, 1.807) is 0 Å². The molecule has 0 aliphatic heterocycles. The lowest BCUT2D eigenvalue weighted by atomic mass is 9.92. The third-order valence-corrected chi connectivity index (χ3v) is 4.19. The van der Waals surface area contributed by atoms with Gasteiger partial charge < -0.3 is 5.11 Å². The molecular weight excluding hydrogens is 256 g/mol. The van der Waals surface area contributed by atoms with Crippen LogP contribution in [0.5, 0.6) is 0 Å². The highest BCUT2D eigenvalue weighted by Gasteiger charge is 2.14. The van der Waals surface area contributed by atoms with Crippen LogP contribution in [-0.2, 0) is 0 Å². The normalized spacial score (nSPS) is 32.8. The molecule has 0 spiro atoms. The van der Waals surface area contributed by atoms with Crippen LogP contribution in [0.25, 0.3) is 0 Å². The Labute approximate surface area is 131 Å². The van der Waals surface area contributed by atoms with Crippen molar-refractivity contribution >= 4 is 0 Å². The van der Waals surface area contributed by atoms with Gasteiger partial charge in [-0.1, -0.05) is 54.9 Å². The van der Waals surface area contributed by atoms with Crippen molar-refractivity contribution in [3.63, 3.8) is 0 Å². The molecule has 1 rings (SSSR count). The first-order valence-electron chi connectivity index (χ1n) is 8.26. The van der Waals surface area contributed by atoms with Crippen LogP contribution in [0.3, 0.4) is 0 Å². The highest BCUT2D eigenvalue weighted by Crippen LogP contribution is 2.22. The van der Waals surface area contributed by atoms with Gasteiger partial charge in [0.2, 0.25) is 0 Å². The third-order valence-electron chi connectivity index (χ3n) is 4.19. The summed E-state index contributed by atoms with van der Waals surface area (Å²) in [5, 5.41) is 10.5. The molecule has 1 aliphatic rings. The first kappa shape index (κ1) is 18.0. The summed E-state index contributed by atoms with van der Waals surface area (Å²) < 4.78 is 0. The summed E-state index contributed by atoms with van der Waals surface area (Å²) in [7, 11) is 0. The zero-order valence-electron chi connectivity index (χ0n) is 14.4. The van der Waals surface area contributed by atoms with Crippen molar-refractivity contribution < 1.29 is 5.11 Å². The van der Waals surface area contributed by atoms with Crippen molar-refractivity contribution in [1.82, 2.24) is 0 Å². The summed E-state index contributed by atoms with van der Waals surface area (Å²) in [4.78, 5) is 0. The molecule has 0 amide bonds. The fraction of sp³-hybridized carbons (Fsp3) is 0.600. The van der Waals surface area contributed by atoms with Crippen LogP contribution in [-0.4, -0.2) is 11.2 Å². The predicted octanol–water partition coefficient (Wildman–Crippen LogP) is 5.73. The van der Waals surface area contributed by atoms with Crippen molar-refractivity contribution in [1.29, 1.82) is 0 Å². The van der Waals surface area contributed by atoms with E-state index in [9.17, 15) is 5.11 Å². The van der Waals surface area contributed by atoms with Gasteiger partial charge in [-0.05, 0) is 64.4 Å². The van der Waals surface area contributed by atoms with E-state index in [-0.39, 0.29) is 6.10 Å². The second-order valence-corrected chi connectivity index (χ2v) is 6.73. The zero-order chi connectivity index (χ0) is 15.8. The Morgan fingerprint density at radius 2 is 1.48 bits per heavy atom. The van der Waals surface area contributed by atoms with Crippen LogP contribution in [0, 0.1) is 5.92 Å². The molecule has 118 valence electrons. The van der Waals surface area contributed by atoms with Gasteiger partial charge in [-0.2, -0.15) is 0 Å². The van der Waals surface area contributed by atoms with Gasteiger partial charge in [-0.25, -0.2) is 0 Å². The Hall–Kier alpha value is -1.08. The molecule has 1 N–H and O–H groups in total. The highest BCUT2D eigenvalue weighted by atomic mass is 16.3. The largest absolute Gasteiger partial charge is 0.388 e. The van der Waals surface area contributed by atoms with E-state index >= 15 is 0 Å². The Morgan fingerprint density at radius 1 is 0.905 bits per heavy atom. The van der Waals surface area contributed by atoms with E-state index in [4.69, 9.17) is 0 Å². The minimum Gasteiger partial charge on any atom is -0.388 e. The first-order valence-corrected chi connectivity index (χ1v) is 8.26. The van der Waals surface area contributed by atoms with Crippen molar-refractivity contribution in [3.8, 4) is 0 Å². The van der Waals surface area contributed by atoms with E-state index in [1.807, 2.05) is 0 Å². The summed E-state index contributed by atoms with van der Waals surface area (Å²) >= 11 is 0. The molecule has 0 aromatic rings. The summed E-state index contributed by atoms with van der Waals surface area (Å²) in [5.74, 6) is 0.381. The summed E-state index contributed by atoms with van der Waals surface area (Å²) in [5.41, 5.74) is 5.29. The molecule has 0 radical (unpaired) electrons. The van der Waals surface area contributed by atoms with Gasteiger partial charge >= 0.3 is 0 Å². The number of allylic oxidation sites excluding steroid dienone is 6. The molecule has 0 aromatic carbocycles. The van der Waals surface area contributed by atoms with Crippen LogP contribution in [0.15, 0.2) is 46.6 Å². The molecule has 1 nitrogen and oxygen atoms in total. The van der Waals surface area contributed by atoms with Gasteiger partial charge in [-0.15, -0.1) is 0 Å². The van der Waals surface area contributed by atoms with Crippen molar-refractivity contribution in [2.45, 2.75) is 72.8 Å². The molecule has 0 fully saturated rings. The van der Waals surface area contributed by atoms with Gasteiger partial charge in [0.05, 0.1) is 6.10 Å². The summed E-state index contributed by atoms with van der Waals surface area (Å²) in [6.07, 6.45) is 13.8. The number of aliphatic hydroxyl groups is 1. The Balaban J connectivity index is 3.00. The SMILES string of the molecule is C/C1=C/C=C(/C(C)C)[C@@H](O)C/C(C)=C\CC/C(C)=C/CC1. The van der Waals surface area contributed by atoms with Crippen molar-refractivity contribution in [2.24, 2.45) is 5.92 Å². The lowest BCUT2D eigenvalue weighted by Gasteiger charge is -2.19. The van der Waals surface area contributed by atoms with Crippen LogP contribution < -0.4 is 0 Å². The average molecular weight is 288 g/mol. The van der Waals surface area contributed by atoms with Crippen LogP contribution in [0.2, 0.25) is 0 Å². The zero-order valence-corrected chi connectivity index (χ0v) is 14.4. The maximum atomic E-state index is 10.5. The maximum Gasteiger partial charge on any atom is 0.0792 e. The van der Waals surface area contributed by atoms with E-state index in [2.05, 4.69) is 58.9 Å². The molecule has 0 saturated heterocycles. The van der Waals surface area contributed by atoms with Crippen molar-refractivity contribution in [2.75, 3.05) is 0 Å². The third kappa shape index (κ3) is 6.95. The fourth-order valence-electron chi connectivity index (χ4n) is 2.71. The van der Waals surface area contributed by atoms with Crippen LogP contribution in [0.1, 0.15) is 66.7 Å².